The number of hydrogen-bond donors (Lipinski definition) is 3. The van der Waals surface area contributed by atoms with Crippen LogP contribution in [0.2, 0.25) is 0 Å². The van der Waals surface area contributed by atoms with Gasteiger partial charge in [-0.05, 0) is 31.3 Å². The molecule has 0 saturated heterocycles. The van der Waals surface area contributed by atoms with Gasteiger partial charge in [0.2, 0.25) is 0 Å². The monoisotopic (exact) mass is 207 g/mol. The van der Waals surface area contributed by atoms with Gasteiger partial charge >= 0.3 is 0 Å². The SMILES string of the molecule is NNC(C1=CCCCCC1)c1cn[nH]n1. The van der Waals surface area contributed by atoms with Crippen molar-refractivity contribution >= 4 is 0 Å². The van der Waals surface area contributed by atoms with E-state index in [4.69, 9.17) is 5.84 Å². The van der Waals surface area contributed by atoms with E-state index in [9.17, 15) is 0 Å². The minimum Gasteiger partial charge on any atom is -0.271 e. The summed E-state index contributed by atoms with van der Waals surface area (Å²) in [5.74, 6) is 5.57. The first-order valence-electron chi connectivity index (χ1n) is 5.42. The third-order valence-corrected chi connectivity index (χ3v) is 2.84. The standard InChI is InChI=1S/C10H17N5/c11-13-10(9-7-12-15-14-9)8-5-3-1-2-4-6-8/h5,7,10,13H,1-4,6,11H2,(H,12,14,15). The lowest BCUT2D eigenvalue weighted by atomic mass is 10.0. The molecule has 82 valence electrons. The van der Waals surface area contributed by atoms with E-state index < -0.39 is 0 Å². The number of hydrogen-bond acceptors (Lipinski definition) is 4. The molecule has 2 rings (SSSR count). The van der Waals surface area contributed by atoms with E-state index in [0.717, 1.165) is 18.5 Å². The lowest BCUT2D eigenvalue weighted by molar-refractivity contribution is 0.579. The van der Waals surface area contributed by atoms with Crippen molar-refractivity contribution in [3.05, 3.63) is 23.5 Å². The molecule has 0 fully saturated rings. The van der Waals surface area contributed by atoms with E-state index in [1.54, 1.807) is 6.20 Å². The smallest absolute Gasteiger partial charge is 0.105 e. The summed E-state index contributed by atoms with van der Waals surface area (Å²) in [4.78, 5) is 0. The molecule has 0 aromatic carbocycles. The zero-order valence-electron chi connectivity index (χ0n) is 8.74. The lowest BCUT2D eigenvalue weighted by Crippen LogP contribution is -2.29. The third-order valence-electron chi connectivity index (χ3n) is 2.84. The van der Waals surface area contributed by atoms with Crippen LogP contribution in [0.5, 0.6) is 0 Å². The number of nitrogens with two attached hydrogens (primary N) is 1. The number of aromatic amines is 1. The molecule has 1 atom stereocenters. The number of hydrazine groups is 1. The average molecular weight is 207 g/mol. The highest BCUT2D eigenvalue weighted by atomic mass is 15.3. The fourth-order valence-corrected chi connectivity index (χ4v) is 2.03. The highest BCUT2D eigenvalue weighted by Crippen LogP contribution is 2.27. The van der Waals surface area contributed by atoms with Crippen LogP contribution >= 0.6 is 0 Å². The summed E-state index contributed by atoms with van der Waals surface area (Å²) in [5, 5.41) is 10.5. The molecule has 0 amide bonds. The molecule has 1 aliphatic rings. The number of allylic oxidation sites excluding steroid dienone is 1. The van der Waals surface area contributed by atoms with Crippen LogP contribution in [-0.4, -0.2) is 15.4 Å². The molecular formula is C10H17N5. The maximum atomic E-state index is 5.57. The molecule has 15 heavy (non-hydrogen) atoms. The van der Waals surface area contributed by atoms with E-state index in [1.165, 1.54) is 24.8 Å². The summed E-state index contributed by atoms with van der Waals surface area (Å²) in [5.41, 5.74) is 5.01. The molecular weight excluding hydrogens is 190 g/mol. The van der Waals surface area contributed by atoms with Gasteiger partial charge in [-0.15, -0.1) is 0 Å². The maximum Gasteiger partial charge on any atom is 0.105 e. The van der Waals surface area contributed by atoms with Crippen molar-refractivity contribution in [2.24, 2.45) is 5.84 Å². The first kappa shape index (κ1) is 10.3. The minimum atomic E-state index is 0.0156. The van der Waals surface area contributed by atoms with Gasteiger partial charge in [0.25, 0.3) is 0 Å². The maximum absolute atomic E-state index is 5.57. The van der Waals surface area contributed by atoms with Gasteiger partial charge in [-0.2, -0.15) is 15.4 Å². The highest BCUT2D eigenvalue weighted by Gasteiger charge is 2.18. The quantitative estimate of drug-likeness (QED) is 0.395. The van der Waals surface area contributed by atoms with Gasteiger partial charge in [-0.3, -0.25) is 5.84 Å². The minimum absolute atomic E-state index is 0.0156. The van der Waals surface area contributed by atoms with E-state index >= 15 is 0 Å². The molecule has 1 heterocycles. The van der Waals surface area contributed by atoms with Crippen LogP contribution in [0.15, 0.2) is 17.8 Å². The summed E-state index contributed by atoms with van der Waals surface area (Å²) < 4.78 is 0. The van der Waals surface area contributed by atoms with Gasteiger partial charge in [-0.25, -0.2) is 5.43 Å². The lowest BCUT2D eigenvalue weighted by Gasteiger charge is -2.16. The second-order valence-corrected chi connectivity index (χ2v) is 3.87. The van der Waals surface area contributed by atoms with Gasteiger partial charge in [0.15, 0.2) is 0 Å². The Labute approximate surface area is 89.1 Å². The van der Waals surface area contributed by atoms with Crippen LogP contribution in [0.3, 0.4) is 0 Å². The number of aromatic nitrogens is 3. The Kier molecular flexibility index (Phi) is 3.47. The van der Waals surface area contributed by atoms with Crippen molar-refractivity contribution in [2.75, 3.05) is 0 Å². The zero-order valence-corrected chi connectivity index (χ0v) is 8.74. The van der Waals surface area contributed by atoms with E-state index in [2.05, 4.69) is 26.9 Å². The fraction of sp³-hybridized carbons (Fsp3) is 0.600. The van der Waals surface area contributed by atoms with Crippen molar-refractivity contribution in [3.63, 3.8) is 0 Å². The van der Waals surface area contributed by atoms with Crippen molar-refractivity contribution in [2.45, 2.75) is 38.1 Å². The Hall–Kier alpha value is -1.20. The molecule has 5 nitrogen and oxygen atoms in total. The second kappa shape index (κ2) is 5.04. The number of rotatable bonds is 3. The Morgan fingerprint density at radius 1 is 1.40 bits per heavy atom. The number of nitrogens with one attached hydrogen (secondary N) is 2. The van der Waals surface area contributed by atoms with Gasteiger partial charge in [0, 0.05) is 0 Å². The molecule has 4 N–H and O–H groups in total. The van der Waals surface area contributed by atoms with Crippen molar-refractivity contribution in [1.82, 2.24) is 20.8 Å². The van der Waals surface area contributed by atoms with Gasteiger partial charge in [0.1, 0.15) is 5.69 Å². The summed E-state index contributed by atoms with van der Waals surface area (Å²) in [6.07, 6.45) is 10.1. The van der Waals surface area contributed by atoms with Gasteiger partial charge < -0.3 is 0 Å². The highest BCUT2D eigenvalue weighted by molar-refractivity contribution is 5.20. The van der Waals surface area contributed by atoms with Gasteiger partial charge in [0.05, 0.1) is 12.2 Å². The fourth-order valence-electron chi connectivity index (χ4n) is 2.03. The molecule has 1 aromatic rings. The zero-order chi connectivity index (χ0) is 10.5. The van der Waals surface area contributed by atoms with Crippen LogP contribution < -0.4 is 11.3 Å². The normalized spacial score (nSPS) is 19.4. The Morgan fingerprint density at radius 2 is 2.33 bits per heavy atom. The van der Waals surface area contributed by atoms with Crippen LogP contribution in [0, 0.1) is 0 Å². The Bertz CT molecular complexity index is 317. The molecule has 1 aromatic heterocycles. The molecule has 1 aliphatic carbocycles. The molecule has 0 spiro atoms. The van der Waals surface area contributed by atoms with E-state index in [1.807, 2.05) is 0 Å². The molecule has 0 radical (unpaired) electrons. The first-order chi connectivity index (χ1) is 7.42. The summed E-state index contributed by atoms with van der Waals surface area (Å²) in [6, 6.07) is 0.0156. The summed E-state index contributed by atoms with van der Waals surface area (Å²) in [7, 11) is 0. The average Bonchev–Trinajstić information content (AvgIpc) is 2.63. The van der Waals surface area contributed by atoms with Crippen molar-refractivity contribution in [1.29, 1.82) is 0 Å². The molecule has 0 aliphatic heterocycles. The predicted molar refractivity (Wildman–Crippen MR) is 57.6 cm³/mol. The van der Waals surface area contributed by atoms with Gasteiger partial charge in [-0.1, -0.05) is 12.5 Å². The number of nitrogens with zero attached hydrogens (tertiary/aromatic N) is 2. The van der Waals surface area contributed by atoms with Crippen LogP contribution in [0.4, 0.5) is 0 Å². The molecule has 0 saturated carbocycles. The van der Waals surface area contributed by atoms with Crippen molar-refractivity contribution in [3.8, 4) is 0 Å². The Balaban J connectivity index is 2.15. The van der Waals surface area contributed by atoms with Crippen LogP contribution in [-0.2, 0) is 0 Å². The number of H-pyrrole nitrogens is 1. The molecule has 0 bridgehead atoms. The first-order valence-corrected chi connectivity index (χ1v) is 5.42. The Morgan fingerprint density at radius 3 is 3.07 bits per heavy atom. The largest absolute Gasteiger partial charge is 0.271 e. The topological polar surface area (TPSA) is 79.6 Å². The molecule has 5 heteroatoms. The van der Waals surface area contributed by atoms with Crippen molar-refractivity contribution < 1.29 is 0 Å². The summed E-state index contributed by atoms with van der Waals surface area (Å²) >= 11 is 0. The second-order valence-electron chi connectivity index (χ2n) is 3.87. The predicted octanol–water partition coefficient (Wildman–Crippen LogP) is 1.20. The summed E-state index contributed by atoms with van der Waals surface area (Å²) in [6.45, 7) is 0. The molecule has 1 unspecified atom stereocenters. The van der Waals surface area contributed by atoms with Crippen LogP contribution in [0.1, 0.15) is 43.8 Å². The van der Waals surface area contributed by atoms with E-state index in [0.29, 0.717) is 0 Å². The van der Waals surface area contributed by atoms with Crippen LogP contribution in [0.25, 0.3) is 0 Å². The van der Waals surface area contributed by atoms with E-state index in [-0.39, 0.29) is 6.04 Å². The third kappa shape index (κ3) is 2.43.